The fourth-order valence-corrected chi connectivity index (χ4v) is 0. The van der Waals surface area contributed by atoms with Crippen LogP contribution >= 0.6 is 0 Å². The Labute approximate surface area is 79.4 Å². The van der Waals surface area contributed by atoms with E-state index < -0.39 is 0 Å². The molecule has 0 saturated carbocycles. The van der Waals surface area contributed by atoms with Crippen molar-refractivity contribution in [3.8, 4) is 0 Å². The maximum Gasteiger partial charge on any atom is 5.00 e. The predicted molar refractivity (Wildman–Crippen MR) is 10.2 cm³/mol. The minimum atomic E-state index is 0. The van der Waals surface area contributed by atoms with Gasteiger partial charge in [-0.3, -0.25) is 0 Å². The normalized spacial score (nSPS) is 0. The second kappa shape index (κ2) is 268. The van der Waals surface area contributed by atoms with Crippen molar-refractivity contribution < 1.29 is 72.1 Å². The first kappa shape index (κ1) is 388. The molecule has 0 saturated heterocycles. The Balaban J connectivity index is 0. The first-order valence-electron chi connectivity index (χ1n) is 0. The smallest absolute Gasteiger partial charge is 2.00 e. The van der Waals surface area contributed by atoms with Crippen molar-refractivity contribution in [1.82, 2.24) is 0 Å². The molecule has 0 amide bonds. The Hall–Kier alpha value is 1.28. The van der Waals surface area contributed by atoms with E-state index in [0.717, 1.165) is 0 Å². The zero-order valence-electron chi connectivity index (χ0n) is 2.94. The van der Waals surface area contributed by atoms with Crippen LogP contribution in [0.5, 0.6) is 0 Å². The molecule has 0 fully saturated rings. The molecule has 0 N–H and O–H groups in total. The topological polar surface area (TPSA) is 142 Å². The summed E-state index contributed by atoms with van der Waals surface area (Å²) in [5.41, 5.74) is 0. The molecule has 48 valence electrons. The maximum atomic E-state index is 0. The molecule has 0 unspecified atom stereocenters. The van der Waals surface area contributed by atoms with E-state index in [9.17, 15) is 0 Å². The van der Waals surface area contributed by atoms with E-state index in [4.69, 9.17) is 0 Å². The molecule has 0 atom stereocenters. The molecule has 7 heteroatoms. The average molecular weight is 458 g/mol. The van der Waals surface area contributed by atoms with Crippen LogP contribution in [-0.4, -0.2) is 0 Å². The van der Waals surface area contributed by atoms with E-state index in [0.29, 0.717) is 0 Å². The van der Waals surface area contributed by atoms with Crippen molar-refractivity contribution in [3.05, 3.63) is 0 Å². The van der Waals surface area contributed by atoms with Gasteiger partial charge in [0.05, 0.1) is 0 Å². The fourth-order valence-electron chi connectivity index (χ4n) is 0. The molecule has 5 nitrogen and oxygen atoms in total. The number of hydrogen-bond donors (Lipinski definition) is 0. The summed E-state index contributed by atoms with van der Waals surface area (Å²) in [6.07, 6.45) is 0. The van der Waals surface area contributed by atoms with Crippen molar-refractivity contribution in [3.63, 3.8) is 0 Å². The van der Waals surface area contributed by atoms with Gasteiger partial charge in [0.15, 0.2) is 0 Å². The van der Waals surface area contributed by atoms with Gasteiger partial charge in [-0.05, 0) is 0 Å². The third kappa shape index (κ3) is 175. The van der Waals surface area contributed by atoms with Crippen LogP contribution in [0.3, 0.4) is 0 Å². The molecule has 0 aliphatic rings. The molecule has 0 heterocycles. The first-order valence-corrected chi connectivity index (χ1v) is 0. The van der Waals surface area contributed by atoms with E-state index in [1.807, 2.05) is 0 Å². The van der Waals surface area contributed by atoms with Crippen LogP contribution in [0.2, 0.25) is 0 Å². The summed E-state index contributed by atoms with van der Waals surface area (Å²) in [6, 6.07) is 0. The molecule has 0 aromatic carbocycles. The summed E-state index contributed by atoms with van der Waals surface area (Å²) in [6.45, 7) is 0. The van der Waals surface area contributed by atoms with Crippen LogP contribution in [-0.2, 0) is 72.1 Å². The van der Waals surface area contributed by atoms with Gasteiger partial charge in [-0.25, -0.2) is 0 Å². The van der Waals surface area contributed by atoms with E-state index >= 15 is 0 Å². The van der Waals surface area contributed by atoms with Gasteiger partial charge in [0, 0.05) is 0 Å². The van der Waals surface area contributed by atoms with Crippen molar-refractivity contribution in [2.24, 2.45) is 0 Å². The molecular weight excluding hydrogens is 454 g/mol. The summed E-state index contributed by atoms with van der Waals surface area (Å²) in [7, 11) is 0. The van der Waals surface area contributed by atoms with Crippen molar-refractivity contribution >= 4 is 0 Å². The Bertz CT molecular complexity index is 10.4. The maximum absolute atomic E-state index is 0. The minimum Gasteiger partial charge on any atom is -2.00 e. The second-order valence-electron chi connectivity index (χ2n) is 0. The minimum absolute atomic E-state index is 0. The summed E-state index contributed by atoms with van der Waals surface area (Å²) >= 11 is 0. The molecule has 0 aromatic rings. The van der Waals surface area contributed by atoms with Crippen LogP contribution in [0.4, 0.5) is 0 Å². The third-order valence-electron chi connectivity index (χ3n) is 0. The Kier molecular flexibility index (Phi) is 13000. The van der Waals surface area contributed by atoms with Crippen molar-refractivity contribution in [1.29, 1.82) is 0 Å². The van der Waals surface area contributed by atoms with Crippen LogP contribution in [0, 0.1) is 0 Å². The second-order valence-corrected chi connectivity index (χ2v) is 0. The molecule has 0 radical (unpaired) electrons. The zero-order valence-corrected chi connectivity index (χ0v) is 9.36. The van der Waals surface area contributed by atoms with Crippen LogP contribution in [0.25, 0.3) is 0 Å². The van der Waals surface area contributed by atoms with E-state index in [2.05, 4.69) is 0 Å². The quantitative estimate of drug-likeness (QED) is 0.484. The van der Waals surface area contributed by atoms with Crippen LogP contribution in [0.15, 0.2) is 0 Å². The van der Waals surface area contributed by atoms with Crippen molar-refractivity contribution in [2.45, 2.75) is 7.43 Å². The van der Waals surface area contributed by atoms with Gasteiger partial charge < -0.3 is 27.4 Å². The summed E-state index contributed by atoms with van der Waals surface area (Å²) in [4.78, 5) is 0. The monoisotopic (exact) mass is 458 g/mol. The van der Waals surface area contributed by atoms with Gasteiger partial charge in [-0.1, -0.05) is 7.43 Å². The SMILES string of the molecule is C.[O-2].[O-2].[O-2].[O-2].[O-2].[Ta+5].[Ta+5]. The molecule has 0 bridgehead atoms. The summed E-state index contributed by atoms with van der Waals surface area (Å²) < 4.78 is 0. The van der Waals surface area contributed by atoms with E-state index in [1.54, 1.807) is 0 Å². The van der Waals surface area contributed by atoms with E-state index in [1.165, 1.54) is 0 Å². The molecule has 0 aliphatic heterocycles. The summed E-state index contributed by atoms with van der Waals surface area (Å²) in [5, 5.41) is 0. The molecule has 0 spiro atoms. The number of hydrogen-bond acceptors (Lipinski definition) is 0. The largest absolute Gasteiger partial charge is 5.00 e. The Morgan fingerprint density at radius 2 is 0.375 bits per heavy atom. The molecule has 0 rings (SSSR count). The Morgan fingerprint density at radius 3 is 0.375 bits per heavy atom. The first-order chi connectivity index (χ1) is 0. The summed E-state index contributed by atoms with van der Waals surface area (Å²) in [5.74, 6) is 0. The zero-order chi connectivity index (χ0) is 0. The fraction of sp³-hybridized carbons (Fsp3) is 1.00. The Morgan fingerprint density at radius 1 is 0.375 bits per heavy atom. The molecule has 0 aromatic heterocycles. The molecular formula is CH4O5Ta2. The molecule has 0 aliphatic carbocycles. The van der Waals surface area contributed by atoms with Gasteiger partial charge in [0.1, 0.15) is 0 Å². The number of rotatable bonds is 0. The van der Waals surface area contributed by atoms with Crippen LogP contribution in [0.1, 0.15) is 7.43 Å². The van der Waals surface area contributed by atoms with Gasteiger partial charge in [0.2, 0.25) is 0 Å². The van der Waals surface area contributed by atoms with E-state index in [-0.39, 0.29) is 79.6 Å². The van der Waals surface area contributed by atoms with Gasteiger partial charge in [-0.2, -0.15) is 0 Å². The standard InChI is InChI=1S/CH4.5O.2Ta/h1H4;;;;;;;/q;5*-2;2*+5. The third-order valence-corrected chi connectivity index (χ3v) is 0. The van der Waals surface area contributed by atoms with Gasteiger partial charge in [0.25, 0.3) is 0 Å². The average Bonchev–Trinajstić information content (AvgIpc) is 0. The van der Waals surface area contributed by atoms with Crippen LogP contribution < -0.4 is 0 Å². The molecule has 8 heavy (non-hydrogen) atoms. The van der Waals surface area contributed by atoms with Crippen molar-refractivity contribution in [2.75, 3.05) is 0 Å². The van der Waals surface area contributed by atoms with Gasteiger partial charge >= 0.3 is 44.8 Å². The van der Waals surface area contributed by atoms with Gasteiger partial charge in [-0.15, -0.1) is 0 Å². The predicted octanol–water partition coefficient (Wildman–Crippen LogP) is 0.0371.